The first-order chi connectivity index (χ1) is 6.68. The molecule has 0 aliphatic carbocycles. The summed E-state index contributed by atoms with van der Waals surface area (Å²) in [6.45, 7) is 2.07. The molecule has 0 aliphatic heterocycles. The normalized spacial score (nSPS) is 11.5. The highest BCUT2D eigenvalue weighted by atomic mass is 15.4. The Hall–Kier alpha value is -1.31. The lowest BCUT2D eigenvalue weighted by molar-refractivity contribution is 0.436. The number of nitrogens with zero attached hydrogens (tertiary/aromatic N) is 2. The van der Waals surface area contributed by atoms with Crippen molar-refractivity contribution >= 4 is 5.71 Å². The number of hydrogen-bond acceptors (Lipinski definition) is 2. The lowest BCUT2D eigenvalue weighted by Gasteiger charge is -2.07. The predicted molar refractivity (Wildman–Crippen MR) is 61.6 cm³/mol. The van der Waals surface area contributed by atoms with Gasteiger partial charge in [0.2, 0.25) is 0 Å². The van der Waals surface area contributed by atoms with E-state index < -0.39 is 0 Å². The molecule has 0 saturated carbocycles. The van der Waals surface area contributed by atoms with E-state index in [-0.39, 0.29) is 0 Å². The van der Waals surface area contributed by atoms with E-state index in [1.165, 1.54) is 11.3 Å². The van der Waals surface area contributed by atoms with Crippen LogP contribution in [0.15, 0.2) is 35.4 Å². The summed E-state index contributed by atoms with van der Waals surface area (Å²) in [4.78, 5) is 0. The van der Waals surface area contributed by atoms with Crippen LogP contribution >= 0.6 is 0 Å². The summed E-state index contributed by atoms with van der Waals surface area (Å²) in [7, 11) is 3.90. The van der Waals surface area contributed by atoms with Crippen molar-refractivity contribution in [3.8, 4) is 0 Å². The fraction of sp³-hybridized carbons (Fsp3) is 0.417. The molecule has 0 aliphatic rings. The molecule has 2 heteroatoms. The second-order valence-corrected chi connectivity index (χ2v) is 3.67. The first-order valence-electron chi connectivity index (χ1n) is 4.94. The third kappa shape index (κ3) is 4.08. The van der Waals surface area contributed by atoms with Crippen molar-refractivity contribution in [3.05, 3.63) is 35.9 Å². The van der Waals surface area contributed by atoms with Gasteiger partial charge in [0.15, 0.2) is 0 Å². The number of hydrazone groups is 1. The van der Waals surface area contributed by atoms with E-state index in [0.717, 1.165) is 12.8 Å². The summed E-state index contributed by atoms with van der Waals surface area (Å²) in [6.07, 6.45) is 2.10. The van der Waals surface area contributed by atoms with E-state index in [4.69, 9.17) is 0 Å². The quantitative estimate of drug-likeness (QED) is 0.526. The van der Waals surface area contributed by atoms with Gasteiger partial charge in [-0.15, -0.1) is 0 Å². The number of benzene rings is 1. The number of aryl methyl sites for hydroxylation is 1. The highest BCUT2D eigenvalue weighted by Crippen LogP contribution is 2.03. The molecule has 1 rings (SSSR count). The van der Waals surface area contributed by atoms with E-state index in [2.05, 4.69) is 36.3 Å². The van der Waals surface area contributed by atoms with Crippen LogP contribution in [0.2, 0.25) is 0 Å². The third-order valence-corrected chi connectivity index (χ3v) is 1.99. The Labute approximate surface area is 86.2 Å². The molecule has 14 heavy (non-hydrogen) atoms. The molecule has 76 valence electrons. The molecule has 0 saturated heterocycles. The first kappa shape index (κ1) is 10.8. The number of hydrogen-bond donors (Lipinski definition) is 0. The first-order valence-corrected chi connectivity index (χ1v) is 4.94. The van der Waals surface area contributed by atoms with E-state index in [9.17, 15) is 0 Å². The van der Waals surface area contributed by atoms with Crippen LogP contribution in [0.5, 0.6) is 0 Å². The molecule has 0 bridgehead atoms. The molecule has 0 unspecified atom stereocenters. The molecule has 2 nitrogen and oxygen atoms in total. The SMILES string of the molecule is C/C(CCc1ccccc1)=N/N(C)C. The molecule has 0 atom stereocenters. The predicted octanol–water partition coefficient (Wildman–Crippen LogP) is 2.56. The molecule has 0 heterocycles. The molecule has 0 spiro atoms. The second kappa shape index (κ2) is 5.43. The van der Waals surface area contributed by atoms with Gasteiger partial charge in [0, 0.05) is 19.8 Å². The van der Waals surface area contributed by atoms with E-state index in [1.807, 2.05) is 25.2 Å². The molecule has 1 aromatic rings. The van der Waals surface area contributed by atoms with Gasteiger partial charge in [-0.3, -0.25) is 0 Å². The van der Waals surface area contributed by atoms with Crippen LogP contribution in [0.4, 0.5) is 0 Å². The van der Waals surface area contributed by atoms with Gasteiger partial charge in [-0.25, -0.2) is 0 Å². The highest BCUT2D eigenvalue weighted by Gasteiger charge is 1.95. The smallest absolute Gasteiger partial charge is 0.0353 e. The Balaban J connectivity index is 2.42. The Morgan fingerprint density at radius 1 is 1.21 bits per heavy atom. The Morgan fingerprint density at radius 2 is 1.86 bits per heavy atom. The maximum absolute atomic E-state index is 4.34. The van der Waals surface area contributed by atoms with E-state index >= 15 is 0 Å². The Kier molecular flexibility index (Phi) is 4.17. The summed E-state index contributed by atoms with van der Waals surface area (Å²) in [5.74, 6) is 0. The van der Waals surface area contributed by atoms with Crippen LogP contribution in [0.25, 0.3) is 0 Å². The molecule has 0 aromatic heterocycles. The van der Waals surface area contributed by atoms with Gasteiger partial charge in [0.1, 0.15) is 0 Å². The maximum atomic E-state index is 4.34. The Morgan fingerprint density at radius 3 is 2.43 bits per heavy atom. The molecular weight excluding hydrogens is 172 g/mol. The van der Waals surface area contributed by atoms with Crippen molar-refractivity contribution in [2.75, 3.05) is 14.1 Å². The summed E-state index contributed by atoms with van der Waals surface area (Å²) >= 11 is 0. The van der Waals surface area contributed by atoms with Crippen molar-refractivity contribution in [1.29, 1.82) is 0 Å². The molecule has 0 N–H and O–H groups in total. The van der Waals surface area contributed by atoms with Crippen molar-refractivity contribution in [1.82, 2.24) is 5.01 Å². The van der Waals surface area contributed by atoms with Crippen molar-refractivity contribution in [2.45, 2.75) is 19.8 Å². The van der Waals surface area contributed by atoms with Gasteiger partial charge in [0.25, 0.3) is 0 Å². The van der Waals surface area contributed by atoms with Gasteiger partial charge in [0.05, 0.1) is 0 Å². The molecule has 0 amide bonds. The van der Waals surface area contributed by atoms with Gasteiger partial charge in [-0.2, -0.15) is 5.10 Å². The maximum Gasteiger partial charge on any atom is 0.0353 e. The topological polar surface area (TPSA) is 15.6 Å². The second-order valence-electron chi connectivity index (χ2n) is 3.67. The van der Waals surface area contributed by atoms with Crippen LogP contribution < -0.4 is 0 Å². The lowest BCUT2D eigenvalue weighted by atomic mass is 10.1. The minimum absolute atomic E-state index is 1.03. The molecule has 0 fully saturated rings. The van der Waals surface area contributed by atoms with Crippen LogP contribution in [-0.4, -0.2) is 24.8 Å². The van der Waals surface area contributed by atoms with E-state index in [0.29, 0.717) is 0 Å². The zero-order valence-electron chi connectivity index (χ0n) is 9.20. The van der Waals surface area contributed by atoms with Gasteiger partial charge < -0.3 is 5.01 Å². The van der Waals surface area contributed by atoms with Crippen molar-refractivity contribution in [2.24, 2.45) is 5.10 Å². The fourth-order valence-corrected chi connectivity index (χ4v) is 1.36. The molecule has 0 radical (unpaired) electrons. The zero-order chi connectivity index (χ0) is 10.4. The van der Waals surface area contributed by atoms with Crippen LogP contribution in [0.3, 0.4) is 0 Å². The minimum Gasteiger partial charge on any atom is -0.303 e. The zero-order valence-corrected chi connectivity index (χ0v) is 9.20. The van der Waals surface area contributed by atoms with Crippen LogP contribution in [0.1, 0.15) is 18.9 Å². The van der Waals surface area contributed by atoms with Gasteiger partial charge in [-0.1, -0.05) is 30.3 Å². The van der Waals surface area contributed by atoms with Crippen molar-refractivity contribution < 1.29 is 0 Å². The highest BCUT2D eigenvalue weighted by molar-refractivity contribution is 5.81. The van der Waals surface area contributed by atoms with Gasteiger partial charge >= 0.3 is 0 Å². The summed E-state index contributed by atoms with van der Waals surface area (Å²) in [6, 6.07) is 10.5. The van der Waals surface area contributed by atoms with Crippen LogP contribution in [0, 0.1) is 0 Å². The monoisotopic (exact) mass is 190 g/mol. The lowest BCUT2D eigenvalue weighted by Crippen LogP contribution is -2.07. The van der Waals surface area contributed by atoms with E-state index in [1.54, 1.807) is 0 Å². The largest absolute Gasteiger partial charge is 0.303 e. The van der Waals surface area contributed by atoms with Crippen LogP contribution in [-0.2, 0) is 6.42 Å². The average Bonchev–Trinajstić information content (AvgIpc) is 2.15. The van der Waals surface area contributed by atoms with Gasteiger partial charge in [-0.05, 0) is 25.3 Å². The Bertz CT molecular complexity index is 288. The fourth-order valence-electron chi connectivity index (χ4n) is 1.36. The number of rotatable bonds is 4. The third-order valence-electron chi connectivity index (χ3n) is 1.99. The average molecular weight is 190 g/mol. The standard InChI is InChI=1S/C12H18N2/c1-11(13-14(2)3)9-10-12-7-5-4-6-8-12/h4-8H,9-10H2,1-3H3/b13-11-. The summed E-state index contributed by atoms with van der Waals surface area (Å²) in [5.41, 5.74) is 2.56. The summed E-state index contributed by atoms with van der Waals surface area (Å²) in [5, 5.41) is 6.19. The minimum atomic E-state index is 1.03. The van der Waals surface area contributed by atoms with Crippen molar-refractivity contribution in [3.63, 3.8) is 0 Å². The molecule has 1 aromatic carbocycles. The summed E-state index contributed by atoms with van der Waals surface area (Å²) < 4.78 is 0. The molecular formula is C12H18N2.